The summed E-state index contributed by atoms with van der Waals surface area (Å²) in [5.74, 6) is 1.61. The Balaban J connectivity index is 1.17. The van der Waals surface area contributed by atoms with Crippen LogP contribution in [0.4, 0.5) is 0 Å². The van der Waals surface area contributed by atoms with E-state index < -0.39 is 0 Å². The number of aromatic nitrogens is 1. The summed E-state index contributed by atoms with van der Waals surface area (Å²) in [5.41, 5.74) is 5.55. The van der Waals surface area contributed by atoms with E-state index in [1.807, 2.05) is 18.2 Å². The molecule has 1 unspecified atom stereocenters. The first-order chi connectivity index (χ1) is 19.0. The summed E-state index contributed by atoms with van der Waals surface area (Å²) < 4.78 is 11.8. The standard InChI is InChI=1S/C32H31N3O4/c1-21-4-6-24(7-5-21)30-28-17-26(11-10-23(28)14-16-35(30)32(37)25-8-9-25)38-20-27-12-13-29(39-27)31(36)34-19-22-3-2-15-33-18-22/h2-7,10-13,15,17-18,25,30H,8-9,14,16,19-20H2,1H3,(H,34,36). The molecule has 2 aromatic carbocycles. The fourth-order valence-electron chi connectivity index (χ4n) is 5.10. The molecule has 2 aromatic heterocycles. The van der Waals surface area contributed by atoms with Crippen LogP contribution in [0.15, 0.2) is 83.5 Å². The van der Waals surface area contributed by atoms with Gasteiger partial charge in [0, 0.05) is 31.4 Å². The second-order valence-corrected chi connectivity index (χ2v) is 10.3. The summed E-state index contributed by atoms with van der Waals surface area (Å²) in [4.78, 5) is 31.9. The highest BCUT2D eigenvalue weighted by atomic mass is 16.5. The molecule has 1 atom stereocenters. The number of pyridine rings is 1. The third kappa shape index (κ3) is 5.58. The molecule has 1 fully saturated rings. The van der Waals surface area contributed by atoms with Crippen molar-refractivity contribution in [3.63, 3.8) is 0 Å². The number of furan rings is 1. The number of hydrogen-bond donors (Lipinski definition) is 1. The largest absolute Gasteiger partial charge is 0.486 e. The van der Waals surface area contributed by atoms with Gasteiger partial charge in [-0.2, -0.15) is 0 Å². The second kappa shape index (κ2) is 10.8. The normalized spacial score (nSPS) is 16.4. The number of amides is 2. The molecule has 0 bridgehead atoms. The lowest BCUT2D eigenvalue weighted by molar-refractivity contribution is -0.134. The first kappa shape index (κ1) is 24.9. The van der Waals surface area contributed by atoms with Crippen molar-refractivity contribution < 1.29 is 18.7 Å². The number of ether oxygens (including phenoxy) is 1. The first-order valence-electron chi connectivity index (χ1n) is 13.4. The number of aryl methyl sites for hydroxylation is 1. The van der Waals surface area contributed by atoms with Crippen molar-refractivity contribution in [2.75, 3.05) is 6.54 Å². The molecule has 1 N–H and O–H groups in total. The molecule has 39 heavy (non-hydrogen) atoms. The quantitative estimate of drug-likeness (QED) is 0.337. The minimum Gasteiger partial charge on any atom is -0.486 e. The zero-order valence-electron chi connectivity index (χ0n) is 21.9. The molecule has 0 spiro atoms. The zero-order chi connectivity index (χ0) is 26.8. The summed E-state index contributed by atoms with van der Waals surface area (Å²) in [6.45, 7) is 3.35. The number of rotatable bonds is 8. The summed E-state index contributed by atoms with van der Waals surface area (Å²) in [7, 11) is 0. The van der Waals surface area contributed by atoms with Crippen LogP contribution in [0.2, 0.25) is 0 Å². The number of carbonyl (C=O) groups is 2. The van der Waals surface area contributed by atoms with Gasteiger partial charge in [-0.25, -0.2) is 0 Å². The number of fused-ring (bicyclic) bond motifs is 1. The number of hydrogen-bond acceptors (Lipinski definition) is 5. The maximum atomic E-state index is 13.2. The zero-order valence-corrected chi connectivity index (χ0v) is 21.9. The third-order valence-electron chi connectivity index (χ3n) is 7.39. The maximum absolute atomic E-state index is 13.2. The average Bonchev–Trinajstić information content (AvgIpc) is 3.72. The molecule has 4 aromatic rings. The highest BCUT2D eigenvalue weighted by Crippen LogP contribution is 2.41. The van der Waals surface area contributed by atoms with E-state index in [9.17, 15) is 9.59 Å². The van der Waals surface area contributed by atoms with E-state index in [2.05, 4.69) is 58.5 Å². The van der Waals surface area contributed by atoms with Gasteiger partial charge in [0.2, 0.25) is 5.91 Å². The van der Waals surface area contributed by atoms with Crippen molar-refractivity contribution in [2.24, 2.45) is 5.92 Å². The van der Waals surface area contributed by atoms with Gasteiger partial charge in [-0.1, -0.05) is 42.0 Å². The van der Waals surface area contributed by atoms with Crippen LogP contribution in [0.3, 0.4) is 0 Å². The van der Waals surface area contributed by atoms with Crippen LogP contribution in [0, 0.1) is 12.8 Å². The summed E-state index contributed by atoms with van der Waals surface area (Å²) in [6.07, 6.45) is 6.20. The van der Waals surface area contributed by atoms with Gasteiger partial charge in [0.1, 0.15) is 18.1 Å². The Morgan fingerprint density at radius 2 is 1.92 bits per heavy atom. The van der Waals surface area contributed by atoms with Crippen molar-refractivity contribution in [3.05, 3.63) is 118 Å². The van der Waals surface area contributed by atoms with Gasteiger partial charge < -0.3 is 19.4 Å². The van der Waals surface area contributed by atoms with E-state index in [4.69, 9.17) is 9.15 Å². The minimum absolute atomic E-state index is 0.135. The molecule has 2 aliphatic rings. The van der Waals surface area contributed by atoms with Crippen molar-refractivity contribution in [1.82, 2.24) is 15.2 Å². The number of nitrogens with one attached hydrogen (secondary N) is 1. The van der Waals surface area contributed by atoms with Gasteiger partial charge >= 0.3 is 0 Å². The lowest BCUT2D eigenvalue weighted by atomic mass is 9.87. The molecular weight excluding hydrogens is 490 g/mol. The molecule has 1 aliphatic carbocycles. The number of benzene rings is 2. The van der Waals surface area contributed by atoms with Crippen LogP contribution in [0.1, 0.15) is 63.0 Å². The Morgan fingerprint density at radius 1 is 1.08 bits per heavy atom. The Bertz CT molecular complexity index is 1480. The molecule has 3 heterocycles. The van der Waals surface area contributed by atoms with Crippen molar-refractivity contribution in [3.8, 4) is 5.75 Å². The SMILES string of the molecule is Cc1ccc(C2c3cc(OCc4ccc(C(=O)NCc5cccnc5)o4)ccc3CCN2C(=O)C2CC2)cc1. The highest BCUT2D eigenvalue weighted by Gasteiger charge is 2.39. The van der Waals surface area contributed by atoms with E-state index in [0.29, 0.717) is 18.1 Å². The lowest BCUT2D eigenvalue weighted by Crippen LogP contribution is -2.41. The fraction of sp³-hybridized carbons (Fsp3) is 0.281. The highest BCUT2D eigenvalue weighted by molar-refractivity contribution is 5.91. The van der Waals surface area contributed by atoms with Crippen LogP contribution in [0.25, 0.3) is 0 Å². The third-order valence-corrected chi connectivity index (χ3v) is 7.39. The first-order valence-corrected chi connectivity index (χ1v) is 13.4. The van der Waals surface area contributed by atoms with Gasteiger partial charge in [0.15, 0.2) is 5.76 Å². The second-order valence-electron chi connectivity index (χ2n) is 10.3. The van der Waals surface area contributed by atoms with Gasteiger partial charge in [-0.05, 0) is 78.8 Å². The number of nitrogens with zero attached hydrogens (tertiary/aromatic N) is 2. The van der Waals surface area contributed by atoms with E-state index in [-0.39, 0.29) is 36.1 Å². The van der Waals surface area contributed by atoms with Crippen molar-refractivity contribution in [2.45, 2.75) is 45.4 Å². The molecule has 2 amide bonds. The molecule has 1 aliphatic heterocycles. The Morgan fingerprint density at radius 3 is 2.69 bits per heavy atom. The van der Waals surface area contributed by atoms with Crippen molar-refractivity contribution in [1.29, 1.82) is 0 Å². The van der Waals surface area contributed by atoms with Gasteiger partial charge in [0.05, 0.1) is 6.04 Å². The smallest absolute Gasteiger partial charge is 0.287 e. The lowest BCUT2D eigenvalue weighted by Gasteiger charge is -2.38. The van der Waals surface area contributed by atoms with Gasteiger partial charge in [0.25, 0.3) is 5.91 Å². The predicted octanol–water partition coefficient (Wildman–Crippen LogP) is 5.38. The van der Waals surface area contributed by atoms with Crippen LogP contribution >= 0.6 is 0 Å². The summed E-state index contributed by atoms with van der Waals surface area (Å²) in [5, 5.41) is 2.84. The molecule has 0 saturated heterocycles. The summed E-state index contributed by atoms with van der Waals surface area (Å²) in [6, 6.07) is 21.6. The summed E-state index contributed by atoms with van der Waals surface area (Å²) >= 11 is 0. The van der Waals surface area contributed by atoms with E-state index in [1.54, 1.807) is 24.5 Å². The average molecular weight is 522 g/mol. The van der Waals surface area contributed by atoms with E-state index in [1.165, 1.54) is 11.1 Å². The van der Waals surface area contributed by atoms with Crippen molar-refractivity contribution >= 4 is 11.8 Å². The molecule has 7 nitrogen and oxygen atoms in total. The Labute approximate surface area is 227 Å². The molecule has 7 heteroatoms. The van der Waals surface area contributed by atoms with Gasteiger partial charge in [-0.15, -0.1) is 0 Å². The Hall–Kier alpha value is -4.39. The maximum Gasteiger partial charge on any atom is 0.287 e. The van der Waals surface area contributed by atoms with Gasteiger partial charge in [-0.3, -0.25) is 14.6 Å². The van der Waals surface area contributed by atoms with Crippen LogP contribution in [-0.2, 0) is 24.4 Å². The Kier molecular flexibility index (Phi) is 6.88. The molecule has 6 rings (SSSR count). The molecule has 0 radical (unpaired) electrons. The molecule has 198 valence electrons. The van der Waals surface area contributed by atoms with Crippen LogP contribution < -0.4 is 10.1 Å². The van der Waals surface area contributed by atoms with E-state index in [0.717, 1.165) is 42.5 Å². The van der Waals surface area contributed by atoms with E-state index >= 15 is 0 Å². The number of carbonyl (C=O) groups excluding carboxylic acids is 2. The van der Waals surface area contributed by atoms with Crippen LogP contribution in [0.5, 0.6) is 5.75 Å². The predicted molar refractivity (Wildman–Crippen MR) is 146 cm³/mol. The van der Waals surface area contributed by atoms with Crippen LogP contribution in [-0.4, -0.2) is 28.2 Å². The molecule has 1 saturated carbocycles. The monoisotopic (exact) mass is 521 g/mol. The fourth-order valence-corrected chi connectivity index (χ4v) is 5.10. The molecular formula is C32H31N3O4. The topological polar surface area (TPSA) is 84.7 Å². The minimum atomic E-state index is -0.291.